The second-order valence-corrected chi connectivity index (χ2v) is 8.30. The van der Waals surface area contributed by atoms with Crippen LogP contribution in [-0.4, -0.2) is 13.4 Å². The van der Waals surface area contributed by atoms with Crippen LogP contribution in [0, 0.1) is 0 Å². The molecule has 0 spiro atoms. The summed E-state index contributed by atoms with van der Waals surface area (Å²) in [6, 6.07) is 12.2. The highest BCUT2D eigenvalue weighted by Crippen LogP contribution is 2.21. The minimum Gasteiger partial charge on any atom is -0.256 e. The number of thiophene rings is 1. The van der Waals surface area contributed by atoms with Crippen LogP contribution in [0.1, 0.15) is 5.56 Å². The van der Waals surface area contributed by atoms with Crippen molar-refractivity contribution in [3.05, 3.63) is 69.5 Å². The molecule has 7 heteroatoms. The van der Waals surface area contributed by atoms with E-state index in [-0.39, 0.29) is 11.4 Å². The summed E-state index contributed by atoms with van der Waals surface area (Å²) in [6.07, 6.45) is 1.69. The van der Waals surface area contributed by atoms with Crippen molar-refractivity contribution >= 4 is 37.3 Å². The Morgan fingerprint density at radius 1 is 1.13 bits per heavy atom. The molecule has 0 aliphatic rings. The van der Waals surface area contributed by atoms with Crippen molar-refractivity contribution < 1.29 is 8.42 Å². The lowest BCUT2D eigenvalue weighted by molar-refractivity contribution is 0.581. The van der Waals surface area contributed by atoms with Gasteiger partial charge in [-0.25, -0.2) is 13.1 Å². The largest absolute Gasteiger partial charge is 0.256 e. The summed E-state index contributed by atoms with van der Waals surface area (Å²) in [4.78, 5) is 4.56. The molecule has 0 unspecified atom stereocenters. The van der Waals surface area contributed by atoms with Crippen LogP contribution in [-0.2, 0) is 16.6 Å². The first-order chi connectivity index (χ1) is 11.0. The molecule has 3 rings (SSSR count). The first-order valence-corrected chi connectivity index (χ1v) is 9.99. The van der Waals surface area contributed by atoms with Gasteiger partial charge in [-0.1, -0.05) is 15.9 Å². The van der Waals surface area contributed by atoms with Crippen molar-refractivity contribution in [2.45, 2.75) is 11.4 Å². The highest BCUT2D eigenvalue weighted by Gasteiger charge is 2.13. The average Bonchev–Trinajstić information content (AvgIpc) is 3.08. The third-order valence-electron chi connectivity index (χ3n) is 3.23. The lowest BCUT2D eigenvalue weighted by Gasteiger charge is -2.08. The molecule has 0 aliphatic carbocycles. The Balaban J connectivity index is 1.75. The Kier molecular flexibility index (Phi) is 4.91. The van der Waals surface area contributed by atoms with Crippen molar-refractivity contribution in [3.8, 4) is 11.3 Å². The Morgan fingerprint density at radius 2 is 1.91 bits per heavy atom. The van der Waals surface area contributed by atoms with Gasteiger partial charge in [0.2, 0.25) is 10.0 Å². The molecular weight excluding hydrogens is 396 g/mol. The standard InChI is InChI=1S/C16H13BrN2O2S2/c17-14-1-3-15(4-2-14)23(20,21)19-10-12-5-7-18-16(9-12)13-6-8-22-11-13/h1-9,11,19H,10H2. The van der Waals surface area contributed by atoms with E-state index in [0.717, 1.165) is 21.3 Å². The van der Waals surface area contributed by atoms with Crippen LogP contribution in [0.3, 0.4) is 0 Å². The number of aromatic nitrogens is 1. The van der Waals surface area contributed by atoms with E-state index in [1.807, 2.05) is 22.9 Å². The fraction of sp³-hybridized carbons (Fsp3) is 0.0625. The van der Waals surface area contributed by atoms with E-state index in [1.54, 1.807) is 47.9 Å². The number of hydrogen-bond donors (Lipinski definition) is 1. The first-order valence-electron chi connectivity index (χ1n) is 6.77. The Hall–Kier alpha value is -1.54. The van der Waals surface area contributed by atoms with Crippen LogP contribution in [0.5, 0.6) is 0 Å². The van der Waals surface area contributed by atoms with E-state index < -0.39 is 10.0 Å². The van der Waals surface area contributed by atoms with Crippen LogP contribution in [0.2, 0.25) is 0 Å². The van der Waals surface area contributed by atoms with Crippen molar-refractivity contribution in [3.63, 3.8) is 0 Å². The van der Waals surface area contributed by atoms with Gasteiger partial charge in [-0.3, -0.25) is 4.98 Å². The van der Waals surface area contributed by atoms with Crippen LogP contribution in [0.15, 0.2) is 68.8 Å². The second-order valence-electron chi connectivity index (χ2n) is 4.84. The number of hydrogen-bond acceptors (Lipinski definition) is 4. The average molecular weight is 409 g/mol. The molecule has 0 radical (unpaired) electrons. The second kappa shape index (κ2) is 6.92. The monoisotopic (exact) mass is 408 g/mol. The molecule has 0 saturated heterocycles. The molecule has 0 amide bonds. The SMILES string of the molecule is O=S(=O)(NCc1ccnc(-c2ccsc2)c1)c1ccc(Br)cc1. The third-order valence-corrected chi connectivity index (χ3v) is 5.86. The van der Waals surface area contributed by atoms with E-state index in [0.29, 0.717) is 0 Å². The zero-order chi connectivity index (χ0) is 16.3. The molecular formula is C16H13BrN2O2S2. The predicted molar refractivity (Wildman–Crippen MR) is 95.7 cm³/mol. The molecule has 3 aromatic rings. The quantitative estimate of drug-likeness (QED) is 0.692. The van der Waals surface area contributed by atoms with Gasteiger partial charge >= 0.3 is 0 Å². The fourth-order valence-electron chi connectivity index (χ4n) is 2.03. The first kappa shape index (κ1) is 16.3. The molecule has 1 N–H and O–H groups in total. The van der Waals surface area contributed by atoms with Gasteiger partial charge in [0.05, 0.1) is 10.6 Å². The molecule has 0 aliphatic heterocycles. The van der Waals surface area contributed by atoms with Gasteiger partial charge in [0.25, 0.3) is 0 Å². The molecule has 0 fully saturated rings. The van der Waals surface area contributed by atoms with Crippen LogP contribution in [0.4, 0.5) is 0 Å². The highest BCUT2D eigenvalue weighted by atomic mass is 79.9. The van der Waals surface area contributed by atoms with Gasteiger partial charge in [-0.05, 0) is 53.4 Å². The predicted octanol–water partition coefficient (Wildman–Crippen LogP) is 4.05. The maximum absolute atomic E-state index is 12.3. The number of halogens is 1. The number of sulfonamides is 1. The lowest BCUT2D eigenvalue weighted by Crippen LogP contribution is -2.23. The summed E-state index contributed by atoms with van der Waals surface area (Å²) in [5.41, 5.74) is 2.74. The molecule has 4 nitrogen and oxygen atoms in total. The minimum atomic E-state index is -3.53. The normalized spacial score (nSPS) is 11.5. The van der Waals surface area contributed by atoms with Crippen LogP contribution in [0.25, 0.3) is 11.3 Å². The summed E-state index contributed by atoms with van der Waals surface area (Å²) < 4.78 is 28.0. The minimum absolute atomic E-state index is 0.220. The molecule has 2 aromatic heterocycles. The smallest absolute Gasteiger partial charge is 0.240 e. The Morgan fingerprint density at radius 3 is 2.61 bits per heavy atom. The summed E-state index contributed by atoms with van der Waals surface area (Å²) in [5, 5.41) is 4.00. The lowest BCUT2D eigenvalue weighted by atomic mass is 10.1. The number of pyridine rings is 1. The fourth-order valence-corrected chi connectivity index (χ4v) is 3.96. The van der Waals surface area contributed by atoms with E-state index >= 15 is 0 Å². The van der Waals surface area contributed by atoms with Crippen molar-refractivity contribution in [2.75, 3.05) is 0 Å². The van der Waals surface area contributed by atoms with Crippen molar-refractivity contribution in [2.24, 2.45) is 0 Å². The van der Waals surface area contributed by atoms with Gasteiger partial charge in [0.15, 0.2) is 0 Å². The highest BCUT2D eigenvalue weighted by molar-refractivity contribution is 9.10. The van der Waals surface area contributed by atoms with Crippen LogP contribution >= 0.6 is 27.3 Å². The zero-order valence-electron chi connectivity index (χ0n) is 11.9. The number of benzene rings is 1. The van der Waals surface area contributed by atoms with Gasteiger partial charge in [-0.2, -0.15) is 11.3 Å². The van der Waals surface area contributed by atoms with Gasteiger partial charge in [0.1, 0.15) is 0 Å². The maximum Gasteiger partial charge on any atom is 0.240 e. The van der Waals surface area contributed by atoms with Gasteiger partial charge in [-0.15, -0.1) is 0 Å². The van der Waals surface area contributed by atoms with Gasteiger partial charge in [0, 0.05) is 28.2 Å². The molecule has 0 bridgehead atoms. The topological polar surface area (TPSA) is 59.1 Å². The van der Waals surface area contributed by atoms with E-state index in [4.69, 9.17) is 0 Å². The zero-order valence-corrected chi connectivity index (χ0v) is 15.2. The van der Waals surface area contributed by atoms with E-state index in [2.05, 4.69) is 25.6 Å². The molecule has 0 atom stereocenters. The Bertz CT molecular complexity index is 892. The molecule has 1 aromatic carbocycles. The molecule has 2 heterocycles. The van der Waals surface area contributed by atoms with Crippen molar-refractivity contribution in [1.29, 1.82) is 0 Å². The maximum atomic E-state index is 12.3. The number of nitrogens with zero attached hydrogens (tertiary/aromatic N) is 1. The van der Waals surface area contributed by atoms with Crippen molar-refractivity contribution in [1.82, 2.24) is 9.71 Å². The van der Waals surface area contributed by atoms with E-state index in [9.17, 15) is 8.42 Å². The van der Waals surface area contributed by atoms with Crippen LogP contribution < -0.4 is 4.72 Å². The molecule has 0 saturated carbocycles. The summed E-state index contributed by atoms with van der Waals surface area (Å²) in [5.74, 6) is 0. The summed E-state index contributed by atoms with van der Waals surface area (Å²) in [6.45, 7) is 0.220. The van der Waals surface area contributed by atoms with E-state index in [1.165, 1.54) is 0 Å². The van der Waals surface area contributed by atoms with Gasteiger partial charge < -0.3 is 0 Å². The molecule has 23 heavy (non-hydrogen) atoms. The Labute approximate surface area is 147 Å². The summed E-state index contributed by atoms with van der Waals surface area (Å²) in [7, 11) is -3.53. The molecule has 118 valence electrons. The number of nitrogens with one attached hydrogen (secondary N) is 1. The third kappa shape index (κ3) is 4.06. The summed E-state index contributed by atoms with van der Waals surface area (Å²) >= 11 is 4.89. The number of rotatable bonds is 5.